The van der Waals surface area contributed by atoms with Crippen LogP contribution in [-0.2, 0) is 6.54 Å². The fourth-order valence-electron chi connectivity index (χ4n) is 2.06. The van der Waals surface area contributed by atoms with Crippen LogP contribution in [0.5, 0.6) is 0 Å². The van der Waals surface area contributed by atoms with Gasteiger partial charge in [0.1, 0.15) is 11.9 Å². The lowest BCUT2D eigenvalue weighted by Gasteiger charge is -2.30. The average Bonchev–Trinajstić information content (AvgIpc) is 2.32. The number of hydrogen-bond donors (Lipinski definition) is 0. The van der Waals surface area contributed by atoms with Crippen LogP contribution in [-0.4, -0.2) is 29.0 Å². The van der Waals surface area contributed by atoms with Crippen LogP contribution in [0.4, 0.5) is 4.39 Å². The molecule has 0 N–H and O–H groups in total. The summed E-state index contributed by atoms with van der Waals surface area (Å²) >= 11 is 1.96. The van der Waals surface area contributed by atoms with Gasteiger partial charge >= 0.3 is 0 Å². The predicted octanol–water partition coefficient (Wildman–Crippen LogP) is 2.63. The van der Waals surface area contributed by atoms with Gasteiger partial charge in [-0.1, -0.05) is 19.1 Å². The molecule has 4 heteroatoms. The van der Waals surface area contributed by atoms with E-state index in [1.165, 1.54) is 6.07 Å². The Bertz CT molecular complexity index is 442. The van der Waals surface area contributed by atoms with Crippen molar-refractivity contribution in [3.63, 3.8) is 0 Å². The highest BCUT2D eigenvalue weighted by Crippen LogP contribution is 2.21. The fourth-order valence-corrected chi connectivity index (χ4v) is 3.15. The van der Waals surface area contributed by atoms with Gasteiger partial charge in [0, 0.05) is 36.2 Å². The number of nitrogens with zero attached hydrogens (tertiary/aromatic N) is 2. The third kappa shape index (κ3) is 2.99. The SMILES string of the molecule is CC1CN(Cc2cccc(C#N)c2F)CCS1. The molecule has 1 aromatic carbocycles. The second kappa shape index (κ2) is 5.52. The average molecular weight is 250 g/mol. The number of benzene rings is 1. The molecular formula is C13H15FN2S. The molecule has 1 atom stereocenters. The third-order valence-corrected chi connectivity index (χ3v) is 4.05. The summed E-state index contributed by atoms with van der Waals surface area (Å²) in [6.45, 7) is 4.78. The maximum atomic E-state index is 13.9. The lowest BCUT2D eigenvalue weighted by atomic mass is 10.1. The molecule has 0 amide bonds. The maximum Gasteiger partial charge on any atom is 0.145 e. The van der Waals surface area contributed by atoms with Crippen LogP contribution in [0.2, 0.25) is 0 Å². The van der Waals surface area contributed by atoms with Crippen LogP contribution in [0.25, 0.3) is 0 Å². The summed E-state index contributed by atoms with van der Waals surface area (Å²) in [5.74, 6) is 0.738. The van der Waals surface area contributed by atoms with E-state index in [2.05, 4.69) is 11.8 Å². The Kier molecular flexibility index (Phi) is 4.03. The van der Waals surface area contributed by atoms with Crippen molar-refractivity contribution in [2.24, 2.45) is 0 Å². The van der Waals surface area contributed by atoms with Gasteiger partial charge in [-0.15, -0.1) is 0 Å². The van der Waals surface area contributed by atoms with Gasteiger partial charge < -0.3 is 0 Å². The van der Waals surface area contributed by atoms with E-state index in [-0.39, 0.29) is 11.4 Å². The summed E-state index contributed by atoms with van der Waals surface area (Å²) in [6, 6.07) is 6.92. The van der Waals surface area contributed by atoms with Gasteiger partial charge in [0.2, 0.25) is 0 Å². The van der Waals surface area contributed by atoms with Crippen LogP contribution in [0.1, 0.15) is 18.1 Å². The number of hydrogen-bond acceptors (Lipinski definition) is 3. The minimum Gasteiger partial charge on any atom is -0.297 e. The monoisotopic (exact) mass is 250 g/mol. The number of nitriles is 1. The first-order chi connectivity index (χ1) is 8.20. The fraction of sp³-hybridized carbons (Fsp3) is 0.462. The predicted molar refractivity (Wildman–Crippen MR) is 68.3 cm³/mol. The summed E-state index contributed by atoms with van der Waals surface area (Å²) < 4.78 is 13.9. The van der Waals surface area contributed by atoms with E-state index in [1.54, 1.807) is 12.1 Å². The zero-order valence-electron chi connectivity index (χ0n) is 9.82. The number of halogens is 1. The second-order valence-electron chi connectivity index (χ2n) is 4.31. The zero-order chi connectivity index (χ0) is 12.3. The molecule has 0 spiro atoms. The van der Waals surface area contributed by atoms with E-state index in [0.29, 0.717) is 17.4 Å². The summed E-state index contributed by atoms with van der Waals surface area (Å²) in [7, 11) is 0. The number of thioether (sulfide) groups is 1. The lowest BCUT2D eigenvalue weighted by Crippen LogP contribution is -2.36. The summed E-state index contributed by atoms with van der Waals surface area (Å²) in [5.41, 5.74) is 0.769. The highest BCUT2D eigenvalue weighted by atomic mass is 32.2. The van der Waals surface area contributed by atoms with Crippen LogP contribution < -0.4 is 0 Å². The van der Waals surface area contributed by atoms with E-state index in [9.17, 15) is 4.39 Å². The van der Waals surface area contributed by atoms with E-state index < -0.39 is 0 Å². The highest BCUT2D eigenvalue weighted by Gasteiger charge is 2.18. The van der Waals surface area contributed by atoms with Gasteiger partial charge in [-0.25, -0.2) is 4.39 Å². The molecule has 90 valence electrons. The minimum absolute atomic E-state index is 0.141. The summed E-state index contributed by atoms with van der Waals surface area (Å²) in [5, 5.41) is 9.39. The van der Waals surface area contributed by atoms with E-state index in [0.717, 1.165) is 18.8 Å². The molecule has 0 aliphatic carbocycles. The standard InChI is InChI=1S/C13H15FN2S/c1-10-8-16(5-6-17-10)9-12-4-2-3-11(7-15)13(12)14/h2-4,10H,5-6,8-9H2,1H3. The Hall–Kier alpha value is -1.05. The van der Waals surface area contributed by atoms with Crippen molar-refractivity contribution >= 4 is 11.8 Å². The highest BCUT2D eigenvalue weighted by molar-refractivity contribution is 7.99. The Labute approximate surface area is 105 Å². The Balaban J connectivity index is 2.11. The van der Waals surface area contributed by atoms with Gasteiger partial charge in [-0.3, -0.25) is 4.90 Å². The molecule has 1 aliphatic rings. The Morgan fingerprint density at radius 1 is 1.59 bits per heavy atom. The molecule has 0 saturated carbocycles. The van der Waals surface area contributed by atoms with E-state index in [4.69, 9.17) is 5.26 Å². The van der Waals surface area contributed by atoms with Gasteiger partial charge in [0.05, 0.1) is 5.56 Å². The molecule has 1 aliphatic heterocycles. The topological polar surface area (TPSA) is 27.0 Å². The van der Waals surface area contributed by atoms with Crippen molar-refractivity contribution in [3.05, 3.63) is 35.1 Å². The summed E-state index contributed by atoms with van der Waals surface area (Å²) in [4.78, 5) is 2.25. The van der Waals surface area contributed by atoms with Crippen molar-refractivity contribution in [3.8, 4) is 6.07 Å². The van der Waals surface area contributed by atoms with Crippen LogP contribution in [0.15, 0.2) is 18.2 Å². The molecule has 17 heavy (non-hydrogen) atoms. The lowest BCUT2D eigenvalue weighted by molar-refractivity contribution is 0.274. The molecule has 1 aromatic rings. The van der Waals surface area contributed by atoms with Gasteiger partial charge in [-0.2, -0.15) is 17.0 Å². The normalized spacial score (nSPS) is 21.1. The quantitative estimate of drug-likeness (QED) is 0.807. The molecule has 0 bridgehead atoms. The van der Waals surface area contributed by atoms with Crippen molar-refractivity contribution in [1.29, 1.82) is 5.26 Å². The van der Waals surface area contributed by atoms with Crippen molar-refractivity contribution in [2.45, 2.75) is 18.7 Å². The molecular weight excluding hydrogens is 235 g/mol. The molecule has 1 fully saturated rings. The van der Waals surface area contributed by atoms with Gasteiger partial charge in [0.25, 0.3) is 0 Å². The summed E-state index contributed by atoms with van der Waals surface area (Å²) in [6.07, 6.45) is 0. The van der Waals surface area contributed by atoms with Crippen molar-refractivity contribution < 1.29 is 4.39 Å². The Morgan fingerprint density at radius 2 is 2.41 bits per heavy atom. The molecule has 0 radical (unpaired) electrons. The van der Waals surface area contributed by atoms with Crippen LogP contribution in [0, 0.1) is 17.1 Å². The van der Waals surface area contributed by atoms with Crippen molar-refractivity contribution in [2.75, 3.05) is 18.8 Å². The van der Waals surface area contributed by atoms with Gasteiger partial charge in [0.15, 0.2) is 0 Å². The minimum atomic E-state index is -0.360. The first-order valence-corrected chi connectivity index (χ1v) is 6.77. The van der Waals surface area contributed by atoms with Crippen LogP contribution in [0.3, 0.4) is 0 Å². The molecule has 1 heterocycles. The first kappa shape index (κ1) is 12.4. The molecule has 1 saturated heterocycles. The largest absolute Gasteiger partial charge is 0.297 e. The van der Waals surface area contributed by atoms with Gasteiger partial charge in [-0.05, 0) is 6.07 Å². The molecule has 2 rings (SSSR count). The number of rotatable bonds is 2. The van der Waals surface area contributed by atoms with Crippen LogP contribution >= 0.6 is 11.8 Å². The zero-order valence-corrected chi connectivity index (χ0v) is 10.6. The Morgan fingerprint density at radius 3 is 3.12 bits per heavy atom. The van der Waals surface area contributed by atoms with E-state index >= 15 is 0 Å². The van der Waals surface area contributed by atoms with Crippen molar-refractivity contribution in [1.82, 2.24) is 4.90 Å². The second-order valence-corrected chi connectivity index (χ2v) is 5.85. The first-order valence-electron chi connectivity index (χ1n) is 5.72. The molecule has 2 nitrogen and oxygen atoms in total. The third-order valence-electron chi connectivity index (χ3n) is 2.92. The van der Waals surface area contributed by atoms with E-state index in [1.807, 2.05) is 17.8 Å². The molecule has 0 aromatic heterocycles. The smallest absolute Gasteiger partial charge is 0.145 e. The molecule has 1 unspecified atom stereocenters. The maximum absolute atomic E-state index is 13.9.